The SMILES string of the molecule is COC(=O)c1ccccc1[Se]C[C@]1(c2ccccc2)C[C@H](CO)C(=O)O1. The zero-order chi connectivity index (χ0) is 18.6. The first-order chi connectivity index (χ1) is 12.6. The number of aliphatic hydroxyl groups excluding tert-OH is 1. The molecule has 6 heteroatoms. The van der Waals surface area contributed by atoms with Crippen LogP contribution in [0.2, 0.25) is 5.32 Å². The van der Waals surface area contributed by atoms with Crippen LogP contribution < -0.4 is 4.46 Å². The number of benzene rings is 2. The van der Waals surface area contributed by atoms with Crippen molar-refractivity contribution in [3.63, 3.8) is 0 Å². The topological polar surface area (TPSA) is 72.8 Å². The van der Waals surface area contributed by atoms with Crippen LogP contribution in [0, 0.1) is 5.92 Å². The minimum absolute atomic E-state index is 0.120. The van der Waals surface area contributed by atoms with E-state index in [-0.39, 0.29) is 33.5 Å². The van der Waals surface area contributed by atoms with Crippen LogP contribution >= 0.6 is 0 Å². The Bertz CT molecular complexity index is 792. The molecule has 1 aliphatic heterocycles. The standard InChI is InChI=1S/C20H20O5Se/c1-24-19(23)16-9-5-6-10-17(16)26-13-20(15-7-3-2-4-8-15)11-14(12-21)18(22)25-20/h2-10,14,21H,11-13H2,1H3/t14-,20+/m1/s1. The number of hydrogen-bond donors (Lipinski definition) is 1. The van der Waals surface area contributed by atoms with E-state index >= 15 is 0 Å². The van der Waals surface area contributed by atoms with Gasteiger partial charge in [-0.15, -0.1) is 0 Å². The fourth-order valence-corrected chi connectivity index (χ4v) is 5.64. The number of hydrogen-bond acceptors (Lipinski definition) is 5. The van der Waals surface area contributed by atoms with Gasteiger partial charge in [-0.1, -0.05) is 0 Å². The van der Waals surface area contributed by atoms with Crippen LogP contribution in [0.3, 0.4) is 0 Å². The average molecular weight is 419 g/mol. The summed E-state index contributed by atoms with van der Waals surface area (Å²) in [6, 6.07) is 17.0. The Balaban J connectivity index is 1.89. The van der Waals surface area contributed by atoms with Crippen LogP contribution in [0.4, 0.5) is 0 Å². The van der Waals surface area contributed by atoms with Crippen molar-refractivity contribution in [1.29, 1.82) is 0 Å². The molecule has 0 aromatic heterocycles. The van der Waals surface area contributed by atoms with Crippen LogP contribution in [0.15, 0.2) is 54.6 Å². The minimum atomic E-state index is -0.769. The number of rotatable bonds is 6. The Labute approximate surface area is 158 Å². The second kappa shape index (κ2) is 8.04. The number of cyclic esters (lactones) is 1. The second-order valence-electron chi connectivity index (χ2n) is 6.14. The Hall–Kier alpha value is -2.14. The fourth-order valence-electron chi connectivity index (χ4n) is 3.09. The molecule has 1 fully saturated rings. The molecule has 136 valence electrons. The van der Waals surface area contributed by atoms with E-state index < -0.39 is 11.5 Å². The number of carbonyl (C=O) groups excluding carboxylic acids is 2. The molecule has 2 aromatic carbocycles. The molecule has 0 saturated carbocycles. The summed E-state index contributed by atoms with van der Waals surface area (Å²) in [5.41, 5.74) is 0.692. The molecule has 1 N–H and O–H groups in total. The average Bonchev–Trinajstić information content (AvgIpc) is 3.03. The van der Waals surface area contributed by atoms with E-state index in [4.69, 9.17) is 9.47 Å². The maximum absolute atomic E-state index is 12.2. The molecule has 2 aromatic rings. The van der Waals surface area contributed by atoms with Crippen LogP contribution in [0.1, 0.15) is 22.3 Å². The Morgan fingerprint density at radius 1 is 1.23 bits per heavy atom. The van der Waals surface area contributed by atoms with Crippen molar-refractivity contribution in [2.24, 2.45) is 5.92 Å². The van der Waals surface area contributed by atoms with E-state index in [1.165, 1.54) is 7.11 Å². The summed E-state index contributed by atoms with van der Waals surface area (Å²) in [4.78, 5) is 24.2. The number of aliphatic hydroxyl groups is 1. The van der Waals surface area contributed by atoms with Gasteiger partial charge in [-0.2, -0.15) is 0 Å². The van der Waals surface area contributed by atoms with E-state index in [2.05, 4.69) is 0 Å². The van der Waals surface area contributed by atoms with Crippen molar-refractivity contribution in [2.45, 2.75) is 17.3 Å². The summed E-state index contributed by atoms with van der Waals surface area (Å²) < 4.78 is 11.6. The van der Waals surface area contributed by atoms with Gasteiger partial charge in [-0.25, -0.2) is 0 Å². The molecule has 3 rings (SSSR count). The molecule has 1 saturated heterocycles. The van der Waals surface area contributed by atoms with Crippen LogP contribution in [-0.2, 0) is 19.9 Å². The maximum atomic E-state index is 12.2. The summed E-state index contributed by atoms with van der Waals surface area (Å²) in [6.45, 7) is -0.223. The first kappa shape index (κ1) is 18.6. The number of ether oxygens (including phenoxy) is 2. The molecule has 0 radical (unpaired) electrons. The Kier molecular flexibility index (Phi) is 5.77. The van der Waals surface area contributed by atoms with E-state index in [0.717, 1.165) is 10.0 Å². The monoisotopic (exact) mass is 420 g/mol. The van der Waals surface area contributed by atoms with Gasteiger partial charge in [0.2, 0.25) is 0 Å². The van der Waals surface area contributed by atoms with Crippen LogP contribution in [-0.4, -0.2) is 45.7 Å². The van der Waals surface area contributed by atoms with E-state index in [9.17, 15) is 14.7 Å². The predicted octanol–water partition coefficient (Wildman–Crippen LogP) is 1.67. The van der Waals surface area contributed by atoms with Crippen molar-refractivity contribution >= 4 is 31.4 Å². The number of methoxy groups -OCH3 is 1. The van der Waals surface area contributed by atoms with Crippen molar-refractivity contribution in [1.82, 2.24) is 0 Å². The van der Waals surface area contributed by atoms with Crippen LogP contribution in [0.5, 0.6) is 0 Å². The third-order valence-electron chi connectivity index (χ3n) is 4.48. The molecular weight excluding hydrogens is 399 g/mol. The molecule has 0 unspecified atom stereocenters. The third-order valence-corrected chi connectivity index (χ3v) is 7.16. The number of esters is 2. The van der Waals surface area contributed by atoms with Gasteiger partial charge in [-0.05, 0) is 0 Å². The molecule has 0 aliphatic carbocycles. The molecule has 0 bridgehead atoms. The number of carbonyl (C=O) groups is 2. The van der Waals surface area contributed by atoms with Crippen molar-refractivity contribution in [3.8, 4) is 0 Å². The van der Waals surface area contributed by atoms with Crippen molar-refractivity contribution < 1.29 is 24.2 Å². The van der Waals surface area contributed by atoms with Gasteiger partial charge in [0.05, 0.1) is 0 Å². The van der Waals surface area contributed by atoms with Gasteiger partial charge in [0, 0.05) is 0 Å². The zero-order valence-electron chi connectivity index (χ0n) is 14.4. The summed E-state index contributed by atoms with van der Waals surface area (Å²) in [5, 5.41) is 10.1. The molecule has 0 amide bonds. The summed E-state index contributed by atoms with van der Waals surface area (Å²) >= 11 is -0.120. The molecule has 0 spiro atoms. The Morgan fingerprint density at radius 2 is 1.92 bits per heavy atom. The van der Waals surface area contributed by atoms with Gasteiger partial charge in [0.1, 0.15) is 0 Å². The van der Waals surface area contributed by atoms with E-state index in [1.54, 1.807) is 12.1 Å². The van der Waals surface area contributed by atoms with Crippen LogP contribution in [0.25, 0.3) is 0 Å². The first-order valence-electron chi connectivity index (χ1n) is 8.29. The first-order valence-corrected chi connectivity index (χ1v) is 10.4. The van der Waals surface area contributed by atoms with Gasteiger partial charge >= 0.3 is 158 Å². The fraction of sp³-hybridized carbons (Fsp3) is 0.300. The van der Waals surface area contributed by atoms with E-state index in [0.29, 0.717) is 17.3 Å². The van der Waals surface area contributed by atoms with Gasteiger partial charge < -0.3 is 0 Å². The van der Waals surface area contributed by atoms with Gasteiger partial charge in [0.25, 0.3) is 0 Å². The molecule has 1 aliphatic rings. The molecule has 2 atom stereocenters. The second-order valence-corrected chi connectivity index (χ2v) is 8.28. The molecular formula is C20H20O5Se. The van der Waals surface area contributed by atoms with E-state index in [1.807, 2.05) is 42.5 Å². The summed E-state index contributed by atoms with van der Waals surface area (Å²) in [7, 11) is 1.36. The molecule has 26 heavy (non-hydrogen) atoms. The Morgan fingerprint density at radius 3 is 2.58 bits per heavy atom. The summed E-state index contributed by atoms with van der Waals surface area (Å²) in [6.07, 6.45) is 0.439. The van der Waals surface area contributed by atoms with Gasteiger partial charge in [-0.3, -0.25) is 0 Å². The van der Waals surface area contributed by atoms with Gasteiger partial charge in [0.15, 0.2) is 0 Å². The normalized spacial score (nSPS) is 22.1. The summed E-state index contributed by atoms with van der Waals surface area (Å²) in [5.74, 6) is -1.25. The van der Waals surface area contributed by atoms with Crippen molar-refractivity contribution in [3.05, 3.63) is 65.7 Å². The van der Waals surface area contributed by atoms with Crippen molar-refractivity contribution in [2.75, 3.05) is 13.7 Å². The molecule has 5 nitrogen and oxygen atoms in total. The molecule has 1 heterocycles. The quantitative estimate of drug-likeness (QED) is 0.570. The predicted molar refractivity (Wildman–Crippen MR) is 97.4 cm³/mol. The third kappa shape index (κ3) is 3.68. The zero-order valence-corrected chi connectivity index (χ0v) is 16.1.